The fourth-order valence-electron chi connectivity index (χ4n) is 2.27. The predicted octanol–water partition coefficient (Wildman–Crippen LogP) is -0.228. The van der Waals surface area contributed by atoms with Crippen molar-refractivity contribution >= 4 is 29.4 Å². The van der Waals surface area contributed by atoms with E-state index in [2.05, 4.69) is 20.4 Å². The molecule has 0 radical (unpaired) electrons. The van der Waals surface area contributed by atoms with Crippen LogP contribution in [0.4, 0.5) is 18.9 Å². The smallest absolute Gasteiger partial charge is 0.416 e. The normalized spacial score (nSPS) is 16.4. The number of nitrogens with zero attached hydrogens (tertiary/aromatic N) is 1. The highest BCUT2D eigenvalue weighted by atomic mass is 19.4. The minimum atomic E-state index is -4.73. The molecule has 1 saturated heterocycles. The van der Waals surface area contributed by atoms with Crippen molar-refractivity contribution in [2.75, 3.05) is 13.2 Å². The molecule has 2 rings (SSSR count). The zero-order valence-corrected chi connectivity index (χ0v) is 13.8. The topological polar surface area (TPSA) is 149 Å². The summed E-state index contributed by atoms with van der Waals surface area (Å²) in [6.07, 6.45) is -4.72. The summed E-state index contributed by atoms with van der Waals surface area (Å²) in [6, 6.07) is 1.83. The van der Waals surface area contributed by atoms with Crippen LogP contribution in [0.5, 0.6) is 0 Å². The van der Waals surface area contributed by atoms with E-state index in [9.17, 15) is 27.6 Å². The van der Waals surface area contributed by atoms with Crippen molar-refractivity contribution in [1.82, 2.24) is 10.6 Å². The Morgan fingerprint density at radius 1 is 1.26 bits per heavy atom. The van der Waals surface area contributed by atoms with Gasteiger partial charge in [-0.3, -0.25) is 14.4 Å². The van der Waals surface area contributed by atoms with Crippen molar-refractivity contribution in [1.29, 1.82) is 0 Å². The monoisotopic (exact) mass is 387 g/mol. The van der Waals surface area contributed by atoms with E-state index < -0.39 is 48.1 Å². The Hall–Kier alpha value is -3.31. The number of rotatable bonds is 5. The van der Waals surface area contributed by atoms with Gasteiger partial charge in [0.1, 0.15) is 6.61 Å². The number of hydrogen-bond acceptors (Lipinski definition) is 5. The van der Waals surface area contributed by atoms with Crippen molar-refractivity contribution in [3.8, 4) is 0 Å². The number of halogens is 3. The summed E-state index contributed by atoms with van der Waals surface area (Å²) in [4.78, 5) is 38.3. The maximum atomic E-state index is 13.0. The maximum absolute atomic E-state index is 13.0. The SMILES string of the molecule is NC(N)=Nc1cc(C(=O)NCC(=O)N[C@@H]2COC(=O)C2)cc(C(F)(F)F)c1. The lowest BCUT2D eigenvalue weighted by molar-refractivity contribution is -0.138. The second-order valence-electron chi connectivity index (χ2n) is 5.64. The number of ether oxygens (including phenoxy) is 1. The largest absolute Gasteiger partial charge is 0.463 e. The number of esters is 1. The summed E-state index contributed by atoms with van der Waals surface area (Å²) in [5.41, 5.74) is 8.54. The Morgan fingerprint density at radius 2 is 1.96 bits per heavy atom. The molecule has 1 aliphatic rings. The van der Waals surface area contributed by atoms with Crippen LogP contribution in [0.1, 0.15) is 22.3 Å². The highest BCUT2D eigenvalue weighted by molar-refractivity contribution is 5.97. The van der Waals surface area contributed by atoms with Gasteiger partial charge in [0.25, 0.3) is 5.91 Å². The number of guanidine groups is 1. The first kappa shape index (κ1) is 20.0. The number of alkyl halides is 3. The molecule has 1 aliphatic heterocycles. The van der Waals surface area contributed by atoms with Gasteiger partial charge in [-0.15, -0.1) is 0 Å². The summed E-state index contributed by atoms with van der Waals surface area (Å²) in [5, 5.41) is 4.64. The van der Waals surface area contributed by atoms with E-state index in [0.717, 1.165) is 6.07 Å². The number of amides is 2. The van der Waals surface area contributed by atoms with Gasteiger partial charge in [-0.05, 0) is 18.2 Å². The quantitative estimate of drug-likeness (QED) is 0.312. The summed E-state index contributed by atoms with van der Waals surface area (Å²) in [6.45, 7) is -0.481. The Bertz CT molecular complexity index is 790. The molecule has 1 heterocycles. The van der Waals surface area contributed by atoms with Gasteiger partial charge in [-0.2, -0.15) is 13.2 Å². The summed E-state index contributed by atoms with van der Waals surface area (Å²) in [5.74, 6) is -2.49. The van der Waals surface area contributed by atoms with Crippen molar-refractivity contribution in [3.63, 3.8) is 0 Å². The molecule has 0 bridgehead atoms. The lowest BCUT2D eigenvalue weighted by atomic mass is 10.1. The molecule has 1 fully saturated rings. The molecule has 2 amide bonds. The second kappa shape index (κ2) is 7.93. The van der Waals surface area contributed by atoms with Crippen LogP contribution in [-0.2, 0) is 20.5 Å². The number of nitrogens with one attached hydrogen (secondary N) is 2. The fraction of sp³-hybridized carbons (Fsp3) is 0.333. The molecule has 0 spiro atoms. The third kappa shape index (κ3) is 5.87. The number of carbonyl (C=O) groups excluding carboxylic acids is 3. The molecule has 12 heteroatoms. The van der Waals surface area contributed by atoms with Gasteiger partial charge < -0.3 is 26.8 Å². The van der Waals surface area contributed by atoms with E-state index in [1.54, 1.807) is 0 Å². The average Bonchev–Trinajstić information content (AvgIpc) is 2.95. The van der Waals surface area contributed by atoms with Crippen molar-refractivity contribution in [2.45, 2.75) is 18.6 Å². The molecule has 0 aromatic heterocycles. The number of benzene rings is 1. The fourth-order valence-corrected chi connectivity index (χ4v) is 2.27. The molecule has 0 unspecified atom stereocenters. The van der Waals surface area contributed by atoms with Crippen LogP contribution in [0.3, 0.4) is 0 Å². The molecule has 146 valence electrons. The summed E-state index contributed by atoms with van der Waals surface area (Å²) >= 11 is 0. The van der Waals surface area contributed by atoms with E-state index in [1.165, 1.54) is 0 Å². The molecular formula is C15H16F3N5O4. The number of cyclic esters (lactones) is 1. The minimum absolute atomic E-state index is 0.00912. The third-order valence-electron chi connectivity index (χ3n) is 3.40. The summed E-state index contributed by atoms with van der Waals surface area (Å²) in [7, 11) is 0. The van der Waals surface area contributed by atoms with Gasteiger partial charge in [-0.25, -0.2) is 4.99 Å². The lowest BCUT2D eigenvalue weighted by Gasteiger charge is -2.12. The van der Waals surface area contributed by atoms with Crippen LogP contribution in [0.2, 0.25) is 0 Å². The standard InChI is InChI=1S/C15H16F3N5O4/c16-15(17,18)8-1-7(2-9(3-8)23-14(19)20)13(26)21-5-11(24)22-10-4-12(25)27-6-10/h1-3,10H,4-6H2,(H,21,26)(H,22,24)(H4,19,20,23)/t10-/m0/s1. The van der Waals surface area contributed by atoms with E-state index in [1.807, 2.05) is 0 Å². The molecule has 1 aromatic rings. The Morgan fingerprint density at radius 3 is 2.52 bits per heavy atom. The van der Waals surface area contributed by atoms with Gasteiger partial charge in [0.2, 0.25) is 5.91 Å². The number of hydrogen-bond donors (Lipinski definition) is 4. The highest BCUT2D eigenvalue weighted by Gasteiger charge is 2.32. The van der Waals surface area contributed by atoms with Crippen LogP contribution < -0.4 is 22.1 Å². The van der Waals surface area contributed by atoms with Gasteiger partial charge in [0, 0.05) is 5.56 Å². The minimum Gasteiger partial charge on any atom is -0.463 e. The molecular weight excluding hydrogens is 371 g/mol. The number of aliphatic imine (C=N–C) groups is 1. The molecule has 0 saturated carbocycles. The maximum Gasteiger partial charge on any atom is 0.416 e. The molecule has 9 nitrogen and oxygen atoms in total. The van der Waals surface area contributed by atoms with Crippen LogP contribution in [0.25, 0.3) is 0 Å². The average molecular weight is 387 g/mol. The zero-order valence-electron chi connectivity index (χ0n) is 13.8. The first-order chi connectivity index (χ1) is 12.5. The van der Waals surface area contributed by atoms with Gasteiger partial charge in [0.05, 0.1) is 30.3 Å². The Labute approximate surface area is 150 Å². The molecule has 1 atom stereocenters. The molecule has 1 aromatic carbocycles. The van der Waals surface area contributed by atoms with Crippen molar-refractivity contribution in [3.05, 3.63) is 29.3 Å². The van der Waals surface area contributed by atoms with E-state index in [0.29, 0.717) is 12.1 Å². The highest BCUT2D eigenvalue weighted by Crippen LogP contribution is 2.32. The van der Waals surface area contributed by atoms with Crippen LogP contribution in [-0.4, -0.2) is 42.9 Å². The van der Waals surface area contributed by atoms with E-state index in [-0.39, 0.29) is 24.3 Å². The number of carbonyl (C=O) groups is 3. The third-order valence-corrected chi connectivity index (χ3v) is 3.40. The van der Waals surface area contributed by atoms with E-state index >= 15 is 0 Å². The van der Waals surface area contributed by atoms with Crippen LogP contribution in [0.15, 0.2) is 23.2 Å². The Balaban J connectivity index is 2.07. The first-order valence-corrected chi connectivity index (χ1v) is 7.59. The summed E-state index contributed by atoms with van der Waals surface area (Å²) < 4.78 is 43.6. The molecule has 6 N–H and O–H groups in total. The first-order valence-electron chi connectivity index (χ1n) is 7.59. The van der Waals surface area contributed by atoms with Gasteiger partial charge >= 0.3 is 12.1 Å². The molecule has 0 aliphatic carbocycles. The lowest BCUT2D eigenvalue weighted by Crippen LogP contribution is -2.42. The molecule has 27 heavy (non-hydrogen) atoms. The van der Waals surface area contributed by atoms with Crippen LogP contribution >= 0.6 is 0 Å². The second-order valence-corrected chi connectivity index (χ2v) is 5.64. The van der Waals surface area contributed by atoms with Crippen molar-refractivity contribution in [2.24, 2.45) is 16.5 Å². The zero-order chi connectivity index (χ0) is 20.2. The van der Waals surface area contributed by atoms with Gasteiger partial charge in [-0.1, -0.05) is 0 Å². The van der Waals surface area contributed by atoms with Crippen LogP contribution in [0, 0.1) is 0 Å². The van der Waals surface area contributed by atoms with Gasteiger partial charge in [0.15, 0.2) is 5.96 Å². The Kier molecular flexibility index (Phi) is 5.88. The van der Waals surface area contributed by atoms with Crippen molar-refractivity contribution < 1.29 is 32.3 Å². The predicted molar refractivity (Wildman–Crippen MR) is 86.8 cm³/mol. The number of nitrogens with two attached hydrogens (primary N) is 2. The van der Waals surface area contributed by atoms with E-state index in [4.69, 9.17) is 11.5 Å².